The maximum atomic E-state index is 6.75. The third-order valence-corrected chi connectivity index (χ3v) is 0. The molecule has 0 fully saturated rings. The van der Waals surface area contributed by atoms with E-state index in [1.54, 1.807) is 0 Å². The van der Waals surface area contributed by atoms with Crippen LogP contribution in [0.4, 0.5) is 0 Å². The molecule has 54 valence electrons. The molecule has 0 bridgehead atoms. The van der Waals surface area contributed by atoms with Crippen LogP contribution in [-0.2, 0) is 0 Å². The third kappa shape index (κ3) is 3730. The summed E-state index contributed by atoms with van der Waals surface area (Å²) >= 11 is 2.66. The summed E-state index contributed by atoms with van der Waals surface area (Å²) in [5.41, 5.74) is 0. The van der Waals surface area contributed by atoms with Crippen molar-refractivity contribution in [1.82, 2.24) is 4.67 Å². The molecule has 0 aromatic carbocycles. The fourth-order valence-corrected chi connectivity index (χ4v) is 0. The van der Waals surface area contributed by atoms with E-state index in [1.807, 2.05) is 0 Å². The van der Waals surface area contributed by atoms with Gasteiger partial charge in [-0.3, -0.25) is 0 Å². The van der Waals surface area contributed by atoms with Gasteiger partial charge in [-0.1, -0.05) is 0 Å². The average molecular weight is 265 g/mol. The first-order valence-corrected chi connectivity index (χ1v) is 2.14. The molecule has 3 nitrogen and oxygen atoms in total. The molecular weight excluding hydrogens is 257 g/mol. The molecule has 0 heterocycles. The quantitative estimate of drug-likeness (QED) is 0.239. The van der Waals surface area contributed by atoms with Gasteiger partial charge in [0, 0.05) is 0 Å². The first-order chi connectivity index (χ1) is 3.83. The van der Waals surface area contributed by atoms with Crippen LogP contribution in [0.5, 0.6) is 0 Å². The third-order valence-electron chi connectivity index (χ3n) is 0. The Hall–Kier alpha value is 0.347. The van der Waals surface area contributed by atoms with Gasteiger partial charge in [-0.05, 0) is 6.72 Å². The predicted molar refractivity (Wildman–Crippen MR) is 45.3 cm³/mol. The van der Waals surface area contributed by atoms with Gasteiger partial charge in [0.15, 0.2) is 0 Å². The molecule has 0 amide bonds. The van der Waals surface area contributed by atoms with E-state index in [0.717, 1.165) is 0 Å². The summed E-state index contributed by atoms with van der Waals surface area (Å²) in [6.07, 6.45) is 0. The summed E-state index contributed by atoms with van der Waals surface area (Å²) in [7, 11) is 0. The Morgan fingerprint density at radius 1 is 1.30 bits per heavy atom. The van der Waals surface area contributed by atoms with Crippen LogP contribution in [0, 0.1) is 0 Å². The van der Waals surface area contributed by atoms with E-state index >= 15 is 0 Å². The zero-order chi connectivity index (χ0) is 7.41. The molecule has 0 saturated carbocycles. The number of nitrogens with zero attached hydrogens (tertiary/aromatic N) is 3. The Morgan fingerprint density at radius 3 is 1.30 bits per heavy atom. The van der Waals surface area contributed by atoms with Crippen LogP contribution in [0.15, 0.2) is 4.02 Å². The Balaban J connectivity index is -0.0000000116. The van der Waals surface area contributed by atoms with E-state index < -0.39 is 0 Å². The van der Waals surface area contributed by atoms with Gasteiger partial charge < -0.3 is 22.4 Å². The molecule has 0 aliphatic carbocycles. The molecule has 0 radical (unpaired) electrons. The summed E-state index contributed by atoms with van der Waals surface area (Å²) in [4.78, 5) is 0. The predicted octanol–water partition coefficient (Wildman–Crippen LogP) is -5.28. The van der Waals surface area contributed by atoms with Crippen molar-refractivity contribution in [3.8, 4) is 0 Å². The second kappa shape index (κ2) is 118. The summed E-state index contributed by atoms with van der Waals surface area (Å²) in [5.74, 6) is 0. The van der Waals surface area contributed by atoms with Gasteiger partial charge in [-0.15, -0.1) is 4.67 Å². The van der Waals surface area contributed by atoms with Gasteiger partial charge >= 0.3 is 18.9 Å². The zero-order valence-electron chi connectivity index (χ0n) is 5.93. The zero-order valence-corrected chi connectivity index (χ0v) is 9.10. The monoisotopic (exact) mass is 263 g/mol. The standard InChI is InChI=1S/C2H4N.CH2BrN.CH2N.BrH.Li/c2*1-3-2;1-2;;/h1-2H2;1H2;1H2;1H;/q+1;;-1;;+1/p-1. The van der Waals surface area contributed by atoms with Gasteiger partial charge in [0.25, 0.3) is 13.4 Å². The summed E-state index contributed by atoms with van der Waals surface area (Å²) < 4.78 is 6.06. The maximum Gasteiger partial charge on any atom is 1.00 e. The molecule has 0 aliphatic heterocycles. The minimum Gasteiger partial charge on any atom is -1.00 e. The molecule has 0 aliphatic rings. The molecule has 0 aromatic rings. The van der Waals surface area contributed by atoms with Crippen LogP contribution in [0.1, 0.15) is 0 Å². The van der Waals surface area contributed by atoms with Gasteiger partial charge in [-0.25, -0.2) is 10.7 Å². The van der Waals surface area contributed by atoms with Crippen LogP contribution in [0.25, 0.3) is 5.41 Å². The van der Waals surface area contributed by atoms with E-state index in [9.17, 15) is 0 Å². The van der Waals surface area contributed by atoms with Crippen molar-refractivity contribution < 1.29 is 35.8 Å². The van der Waals surface area contributed by atoms with Gasteiger partial charge in [0.2, 0.25) is 0 Å². The maximum absolute atomic E-state index is 6.75. The topological polar surface area (TPSA) is 48.8 Å². The Morgan fingerprint density at radius 2 is 1.30 bits per heavy atom. The minimum absolute atomic E-state index is 0. The van der Waals surface area contributed by atoms with Crippen molar-refractivity contribution in [3.05, 3.63) is 5.41 Å². The summed E-state index contributed by atoms with van der Waals surface area (Å²) in [6, 6.07) is 0. The molecule has 10 heavy (non-hydrogen) atoms. The van der Waals surface area contributed by atoms with Crippen molar-refractivity contribution in [2.75, 3.05) is 0 Å². The normalized spacial score (nSPS) is 2.50. The summed E-state index contributed by atoms with van der Waals surface area (Å²) in [6.45, 7) is 11.3. The Bertz CT molecular complexity index is 72.9. The van der Waals surface area contributed by atoms with Gasteiger partial charge in [0.05, 0.1) is 16.1 Å². The van der Waals surface area contributed by atoms with Gasteiger partial charge in [0.1, 0.15) is 0 Å². The fourth-order valence-electron chi connectivity index (χ4n) is 0. The van der Waals surface area contributed by atoms with Crippen LogP contribution < -0.4 is 40.5 Å². The number of rotatable bonds is 0. The molecule has 0 aromatic heterocycles. The van der Waals surface area contributed by atoms with Crippen molar-refractivity contribution in [2.45, 2.75) is 0 Å². The van der Waals surface area contributed by atoms with E-state index in [4.69, 9.17) is 5.41 Å². The minimum atomic E-state index is 0. The first-order valence-electron chi connectivity index (χ1n) is 1.43. The largest absolute Gasteiger partial charge is 1.00 e. The van der Waals surface area contributed by atoms with Crippen LogP contribution in [-0.4, -0.2) is 26.9 Å². The molecule has 0 spiro atoms. The summed E-state index contributed by atoms with van der Waals surface area (Å²) in [5, 5.41) is 6.75. The van der Waals surface area contributed by atoms with Crippen LogP contribution in [0.3, 0.4) is 0 Å². The molecule has 0 unspecified atom stereocenters. The van der Waals surface area contributed by atoms with Crippen molar-refractivity contribution in [3.63, 3.8) is 0 Å². The van der Waals surface area contributed by atoms with E-state index in [1.165, 1.54) is 0 Å². The second-order valence-corrected chi connectivity index (χ2v) is 0.845. The van der Waals surface area contributed by atoms with Gasteiger partial charge in [-0.2, -0.15) is 0 Å². The number of halogens is 2. The Labute approximate surface area is 92.6 Å². The first kappa shape index (κ1) is 31.6. The van der Waals surface area contributed by atoms with Crippen molar-refractivity contribution >= 4 is 43.0 Å². The molecular formula is C4H8Br2LiN3. The van der Waals surface area contributed by atoms with E-state index in [0.29, 0.717) is 0 Å². The molecule has 6 heteroatoms. The SMILES string of the molecule is C=NBr.C=[N+]=C.C=[N-].[Br-].[Li+]. The van der Waals surface area contributed by atoms with E-state index in [-0.39, 0.29) is 35.8 Å². The Kier molecular flexibility index (Phi) is 374. The molecule has 0 rings (SSSR count). The second-order valence-electron chi connectivity index (χ2n) is 0.343. The van der Waals surface area contributed by atoms with Crippen molar-refractivity contribution in [2.24, 2.45) is 4.02 Å². The number of hydrogen-bond donors (Lipinski definition) is 0. The fraction of sp³-hybridized carbons (Fsp3) is 0. The van der Waals surface area contributed by atoms with E-state index in [2.05, 4.69) is 51.7 Å². The smallest absolute Gasteiger partial charge is 1.00 e. The van der Waals surface area contributed by atoms with Crippen molar-refractivity contribution in [1.29, 1.82) is 0 Å². The number of hydrogen-bond acceptors (Lipinski definition) is 1. The molecule has 0 saturated heterocycles. The average Bonchev–Trinajstić information content (AvgIpc) is 1.75. The van der Waals surface area contributed by atoms with Crippen LogP contribution in [0.2, 0.25) is 0 Å². The molecule has 0 N–H and O–H groups in total. The van der Waals surface area contributed by atoms with Crippen LogP contribution >= 0.6 is 16.1 Å². The molecule has 0 atom stereocenters.